The predicted octanol–water partition coefficient (Wildman–Crippen LogP) is 1.23. The maximum Gasteiger partial charge on any atom is 0.407 e. The number of hydrogen-bond acceptors (Lipinski definition) is 3. The summed E-state index contributed by atoms with van der Waals surface area (Å²) >= 11 is 0. The zero-order chi connectivity index (χ0) is 11.0. The van der Waals surface area contributed by atoms with Crippen molar-refractivity contribution in [2.45, 2.75) is 19.9 Å². The summed E-state index contributed by atoms with van der Waals surface area (Å²) in [6.07, 6.45) is 2.79. The highest BCUT2D eigenvalue weighted by molar-refractivity contribution is 5.67. The van der Waals surface area contributed by atoms with Crippen molar-refractivity contribution in [1.29, 1.82) is 0 Å². The molecule has 1 amide bonds. The summed E-state index contributed by atoms with van der Waals surface area (Å²) < 4.78 is 4.79. The molecule has 0 unspecified atom stereocenters. The van der Waals surface area contributed by atoms with Crippen molar-refractivity contribution in [2.24, 2.45) is 0 Å². The maximum atomic E-state index is 10.9. The fourth-order valence-electron chi connectivity index (χ4n) is 0.669. The molecular formula is C10H17NO3. The number of rotatable bonds is 5. The van der Waals surface area contributed by atoms with Crippen LogP contribution in [0, 0.1) is 0 Å². The second kappa shape index (κ2) is 7.15. The van der Waals surface area contributed by atoms with Gasteiger partial charge in [0.15, 0.2) is 0 Å². The first kappa shape index (κ1) is 12.7. The summed E-state index contributed by atoms with van der Waals surface area (Å²) in [5.74, 6) is 0. The van der Waals surface area contributed by atoms with E-state index in [0.717, 1.165) is 0 Å². The summed E-state index contributed by atoms with van der Waals surface area (Å²) in [7, 11) is 0. The van der Waals surface area contributed by atoms with Gasteiger partial charge in [-0.3, -0.25) is 0 Å². The molecule has 0 fully saturated rings. The SMILES string of the molecule is C=C(/C=C/COC(=O)NC(C)C)CO. The lowest BCUT2D eigenvalue weighted by molar-refractivity contribution is 0.155. The first-order valence-electron chi connectivity index (χ1n) is 4.44. The highest BCUT2D eigenvalue weighted by Crippen LogP contribution is 1.90. The van der Waals surface area contributed by atoms with E-state index in [1.165, 1.54) is 0 Å². The fourth-order valence-corrected chi connectivity index (χ4v) is 0.669. The van der Waals surface area contributed by atoms with E-state index in [4.69, 9.17) is 9.84 Å². The molecule has 0 saturated heterocycles. The first-order chi connectivity index (χ1) is 6.56. The zero-order valence-electron chi connectivity index (χ0n) is 8.62. The van der Waals surface area contributed by atoms with Crippen LogP contribution < -0.4 is 5.32 Å². The van der Waals surface area contributed by atoms with Crippen LogP contribution in [0.15, 0.2) is 24.3 Å². The van der Waals surface area contributed by atoms with Crippen molar-refractivity contribution in [3.05, 3.63) is 24.3 Å². The van der Waals surface area contributed by atoms with Crippen molar-refractivity contribution in [2.75, 3.05) is 13.2 Å². The van der Waals surface area contributed by atoms with Crippen LogP contribution in [0.2, 0.25) is 0 Å². The highest BCUT2D eigenvalue weighted by atomic mass is 16.5. The minimum atomic E-state index is -0.445. The molecule has 0 aromatic carbocycles. The number of carbonyl (C=O) groups is 1. The predicted molar refractivity (Wildman–Crippen MR) is 55.0 cm³/mol. The molecule has 0 atom stereocenters. The third-order valence-corrected chi connectivity index (χ3v) is 1.27. The monoisotopic (exact) mass is 199 g/mol. The third kappa shape index (κ3) is 7.36. The van der Waals surface area contributed by atoms with Gasteiger partial charge in [0.2, 0.25) is 0 Å². The topological polar surface area (TPSA) is 58.6 Å². The Morgan fingerprint density at radius 1 is 1.64 bits per heavy atom. The van der Waals surface area contributed by atoms with Gasteiger partial charge in [0.25, 0.3) is 0 Å². The molecular weight excluding hydrogens is 182 g/mol. The van der Waals surface area contributed by atoms with E-state index in [9.17, 15) is 4.79 Å². The average Bonchev–Trinajstić information content (AvgIpc) is 2.10. The number of carbonyl (C=O) groups excluding carboxylic acids is 1. The molecule has 4 nitrogen and oxygen atoms in total. The van der Waals surface area contributed by atoms with E-state index >= 15 is 0 Å². The molecule has 2 N–H and O–H groups in total. The molecule has 14 heavy (non-hydrogen) atoms. The van der Waals surface area contributed by atoms with Gasteiger partial charge in [0.05, 0.1) is 6.61 Å². The Labute approximate surface area is 84.3 Å². The summed E-state index contributed by atoms with van der Waals surface area (Å²) in [5.41, 5.74) is 0.581. The van der Waals surface area contributed by atoms with E-state index in [1.807, 2.05) is 13.8 Å². The molecule has 0 heterocycles. The molecule has 0 aliphatic rings. The van der Waals surface area contributed by atoms with Crippen LogP contribution in [0.1, 0.15) is 13.8 Å². The van der Waals surface area contributed by atoms with Crippen molar-refractivity contribution in [3.63, 3.8) is 0 Å². The molecule has 0 aromatic heterocycles. The molecule has 0 radical (unpaired) electrons. The molecule has 0 spiro atoms. The minimum Gasteiger partial charge on any atom is -0.445 e. The van der Waals surface area contributed by atoms with Gasteiger partial charge in [0, 0.05) is 6.04 Å². The van der Waals surface area contributed by atoms with Gasteiger partial charge in [-0.05, 0) is 25.5 Å². The quantitative estimate of drug-likeness (QED) is 0.655. The Morgan fingerprint density at radius 2 is 2.29 bits per heavy atom. The van der Waals surface area contributed by atoms with Crippen molar-refractivity contribution < 1.29 is 14.6 Å². The van der Waals surface area contributed by atoms with Crippen molar-refractivity contribution in [3.8, 4) is 0 Å². The molecule has 0 bridgehead atoms. The van der Waals surface area contributed by atoms with Gasteiger partial charge < -0.3 is 15.2 Å². The number of amides is 1. The second-order valence-electron chi connectivity index (χ2n) is 3.12. The van der Waals surface area contributed by atoms with Gasteiger partial charge in [0.1, 0.15) is 6.61 Å². The van der Waals surface area contributed by atoms with Crippen LogP contribution in [-0.4, -0.2) is 30.5 Å². The van der Waals surface area contributed by atoms with Crippen LogP contribution in [-0.2, 0) is 4.74 Å². The fraction of sp³-hybridized carbons (Fsp3) is 0.500. The Morgan fingerprint density at radius 3 is 2.79 bits per heavy atom. The lowest BCUT2D eigenvalue weighted by Gasteiger charge is -2.07. The third-order valence-electron chi connectivity index (χ3n) is 1.27. The van der Waals surface area contributed by atoms with E-state index in [-0.39, 0.29) is 19.3 Å². The number of aliphatic hydroxyl groups is 1. The van der Waals surface area contributed by atoms with Gasteiger partial charge in [-0.1, -0.05) is 12.7 Å². The van der Waals surface area contributed by atoms with Crippen molar-refractivity contribution in [1.82, 2.24) is 5.32 Å². The van der Waals surface area contributed by atoms with Crippen LogP contribution in [0.25, 0.3) is 0 Å². The lowest BCUT2D eigenvalue weighted by Crippen LogP contribution is -2.30. The molecule has 0 rings (SSSR count). The smallest absolute Gasteiger partial charge is 0.407 e. The van der Waals surface area contributed by atoms with Gasteiger partial charge in [-0.15, -0.1) is 0 Å². The number of aliphatic hydroxyl groups excluding tert-OH is 1. The number of alkyl carbamates (subject to hydrolysis) is 1. The van der Waals surface area contributed by atoms with Crippen LogP contribution in [0.4, 0.5) is 4.79 Å². The van der Waals surface area contributed by atoms with E-state index in [2.05, 4.69) is 11.9 Å². The Balaban J connectivity index is 3.58. The molecule has 0 aliphatic carbocycles. The first-order valence-corrected chi connectivity index (χ1v) is 4.44. The lowest BCUT2D eigenvalue weighted by atomic mass is 10.3. The maximum absolute atomic E-state index is 10.9. The van der Waals surface area contributed by atoms with E-state index in [1.54, 1.807) is 12.2 Å². The molecule has 4 heteroatoms. The average molecular weight is 199 g/mol. The molecule has 80 valence electrons. The Bertz CT molecular complexity index is 221. The van der Waals surface area contributed by atoms with Crippen LogP contribution in [0.5, 0.6) is 0 Å². The summed E-state index contributed by atoms with van der Waals surface area (Å²) in [4.78, 5) is 10.9. The van der Waals surface area contributed by atoms with Crippen molar-refractivity contribution >= 4 is 6.09 Å². The minimum absolute atomic E-state index is 0.0684. The van der Waals surface area contributed by atoms with E-state index < -0.39 is 6.09 Å². The van der Waals surface area contributed by atoms with Gasteiger partial charge in [-0.2, -0.15) is 0 Å². The van der Waals surface area contributed by atoms with Crippen LogP contribution >= 0.6 is 0 Å². The zero-order valence-corrected chi connectivity index (χ0v) is 8.62. The van der Waals surface area contributed by atoms with Crippen LogP contribution in [0.3, 0.4) is 0 Å². The summed E-state index contributed by atoms with van der Waals surface area (Å²) in [5, 5.41) is 11.2. The van der Waals surface area contributed by atoms with Gasteiger partial charge in [-0.25, -0.2) is 4.79 Å². The summed E-state index contributed by atoms with van der Waals surface area (Å²) in [6.45, 7) is 7.34. The Kier molecular flexibility index (Phi) is 6.49. The molecule has 0 aromatic rings. The number of hydrogen-bond donors (Lipinski definition) is 2. The van der Waals surface area contributed by atoms with Gasteiger partial charge >= 0.3 is 6.09 Å². The largest absolute Gasteiger partial charge is 0.445 e. The Hall–Kier alpha value is -1.29. The molecule has 0 aliphatic heterocycles. The number of ether oxygens (including phenoxy) is 1. The number of nitrogens with one attached hydrogen (secondary N) is 1. The highest BCUT2D eigenvalue weighted by Gasteiger charge is 2.00. The standard InChI is InChI=1S/C10H17NO3/c1-8(2)11-10(13)14-6-4-5-9(3)7-12/h4-5,8,12H,3,6-7H2,1-2H3,(H,11,13)/b5-4+. The normalized spacial score (nSPS) is 10.6. The second-order valence-corrected chi connectivity index (χ2v) is 3.12. The van der Waals surface area contributed by atoms with E-state index in [0.29, 0.717) is 5.57 Å². The summed E-state index contributed by atoms with van der Waals surface area (Å²) in [6, 6.07) is 0.0684. The molecule has 0 saturated carbocycles.